The van der Waals surface area contributed by atoms with Crippen LogP contribution in [0, 0.1) is 29.2 Å². The Morgan fingerprint density at radius 1 is 1.27 bits per heavy atom. The molecule has 1 aromatic carbocycles. The van der Waals surface area contributed by atoms with Gasteiger partial charge in [0.25, 0.3) is 0 Å². The zero-order valence-electron chi connectivity index (χ0n) is 13.8. The number of hydrogen-bond acceptors (Lipinski definition) is 5. The molecule has 0 saturated heterocycles. The number of rotatable bonds is 6. The first-order chi connectivity index (χ1) is 12.3. The largest absolute Gasteiger partial charge is 0.465 e. The maximum atomic E-state index is 13.9. The van der Waals surface area contributed by atoms with Gasteiger partial charge in [0.05, 0.1) is 24.3 Å². The molecule has 26 heavy (non-hydrogen) atoms. The molecule has 2 rings (SSSR count). The number of esters is 1. The normalized spacial score (nSPS) is 21.2. The quantitative estimate of drug-likeness (QED) is 0.158. The van der Waals surface area contributed by atoms with Gasteiger partial charge in [-0.2, -0.15) is 0 Å². The molecule has 1 N–H and O–H groups in total. The number of aliphatic hydroxyl groups excluding tert-OH is 1. The van der Waals surface area contributed by atoms with Gasteiger partial charge in [-0.05, 0) is 32.3 Å². The molecule has 1 saturated carbocycles. The van der Waals surface area contributed by atoms with E-state index in [9.17, 15) is 32.3 Å². The van der Waals surface area contributed by atoms with Gasteiger partial charge in [-0.3, -0.25) is 14.6 Å². The maximum absolute atomic E-state index is 13.9. The van der Waals surface area contributed by atoms with Crippen LogP contribution in [-0.2, 0) is 9.53 Å². The summed E-state index contributed by atoms with van der Waals surface area (Å²) in [5.41, 5.74) is -1.13. The minimum absolute atomic E-state index is 0.100. The summed E-state index contributed by atoms with van der Waals surface area (Å²) in [5, 5.41) is 9.73. The molecule has 0 radical (unpaired) electrons. The summed E-state index contributed by atoms with van der Waals surface area (Å²) in [7, 11) is 0. The van der Waals surface area contributed by atoms with Crippen molar-refractivity contribution < 1.29 is 37.0 Å². The molecule has 1 aliphatic rings. The number of halogens is 4. The number of hydrogen-bond donors (Lipinski definition) is 1. The van der Waals surface area contributed by atoms with Gasteiger partial charge in [0.15, 0.2) is 35.0 Å². The highest BCUT2D eigenvalue weighted by molar-refractivity contribution is 6.18. The number of aliphatic imine (C=N–C) groups is 1. The Balaban J connectivity index is 2.37. The summed E-state index contributed by atoms with van der Waals surface area (Å²) in [4.78, 5) is 28.4. The second-order valence-electron chi connectivity index (χ2n) is 5.81. The number of carbonyl (C=O) groups excluding carboxylic acids is 2. The second kappa shape index (κ2) is 8.39. The van der Waals surface area contributed by atoms with Crippen molar-refractivity contribution in [3.63, 3.8) is 0 Å². The third-order valence-corrected chi connectivity index (χ3v) is 4.06. The summed E-state index contributed by atoms with van der Waals surface area (Å²) >= 11 is 0. The number of benzene rings is 1. The van der Waals surface area contributed by atoms with Crippen LogP contribution in [0.5, 0.6) is 0 Å². The molecule has 1 fully saturated rings. The highest BCUT2D eigenvalue weighted by atomic mass is 19.2. The van der Waals surface area contributed by atoms with Gasteiger partial charge in [0.2, 0.25) is 0 Å². The third-order valence-electron chi connectivity index (χ3n) is 4.06. The highest BCUT2D eigenvalue weighted by Gasteiger charge is 2.33. The molecule has 1 aromatic rings. The molecule has 9 heteroatoms. The molecule has 5 nitrogen and oxygen atoms in total. The standard InChI is InChI=1S/C17H17F4NO4/c1-2-26-17(25)9(7-22-11-4-3-5-12(11)23)16(24)8-6-10(18)14(20)15(21)13(8)19/h6-7,9,11-12,23H,2-5H2,1H3. The van der Waals surface area contributed by atoms with Crippen molar-refractivity contribution in [2.24, 2.45) is 10.9 Å². The van der Waals surface area contributed by atoms with Crippen LogP contribution in [0.3, 0.4) is 0 Å². The van der Waals surface area contributed by atoms with E-state index in [0.717, 1.165) is 6.21 Å². The van der Waals surface area contributed by atoms with Crippen LogP contribution in [0.2, 0.25) is 0 Å². The van der Waals surface area contributed by atoms with Crippen molar-refractivity contribution in [3.05, 3.63) is 34.9 Å². The van der Waals surface area contributed by atoms with Crippen molar-refractivity contribution in [1.82, 2.24) is 0 Å². The average Bonchev–Trinajstić information content (AvgIpc) is 3.01. The Labute approximate surface area is 146 Å². The van der Waals surface area contributed by atoms with Gasteiger partial charge in [-0.25, -0.2) is 17.6 Å². The Bertz CT molecular complexity index is 738. The first-order valence-electron chi connectivity index (χ1n) is 8.03. The molecule has 3 unspecified atom stereocenters. The number of carbonyl (C=O) groups is 2. The lowest BCUT2D eigenvalue weighted by atomic mass is 9.97. The predicted molar refractivity (Wildman–Crippen MR) is 82.9 cm³/mol. The fraction of sp³-hybridized carbons (Fsp3) is 0.471. The fourth-order valence-corrected chi connectivity index (χ4v) is 2.68. The van der Waals surface area contributed by atoms with E-state index in [1.165, 1.54) is 6.92 Å². The first-order valence-corrected chi connectivity index (χ1v) is 8.03. The minimum Gasteiger partial charge on any atom is -0.465 e. The number of Topliss-reactive ketones (excluding diaryl/α,β-unsaturated/α-hetero) is 1. The minimum atomic E-state index is -2.15. The van der Waals surface area contributed by atoms with Crippen LogP contribution in [0.1, 0.15) is 36.5 Å². The lowest BCUT2D eigenvalue weighted by molar-refractivity contribution is -0.144. The van der Waals surface area contributed by atoms with Crippen molar-refractivity contribution in [2.45, 2.75) is 38.3 Å². The summed E-state index contributed by atoms with van der Waals surface area (Å²) < 4.78 is 58.4. The molecule has 0 bridgehead atoms. The number of ether oxygens (including phenoxy) is 1. The number of ketones is 1. The van der Waals surface area contributed by atoms with Crippen LogP contribution >= 0.6 is 0 Å². The molecule has 0 aromatic heterocycles. The van der Waals surface area contributed by atoms with Crippen LogP contribution < -0.4 is 0 Å². The molecular formula is C17H17F4NO4. The van der Waals surface area contributed by atoms with Crippen LogP contribution in [0.15, 0.2) is 11.1 Å². The van der Waals surface area contributed by atoms with Gasteiger partial charge in [-0.15, -0.1) is 0 Å². The number of aliphatic hydroxyl groups is 1. The van der Waals surface area contributed by atoms with Gasteiger partial charge in [0.1, 0.15) is 0 Å². The highest BCUT2D eigenvalue weighted by Crippen LogP contribution is 2.24. The molecule has 0 heterocycles. The molecule has 142 valence electrons. The van der Waals surface area contributed by atoms with Crippen molar-refractivity contribution >= 4 is 18.0 Å². The summed E-state index contributed by atoms with van der Waals surface area (Å²) in [6, 6.07) is -0.369. The zero-order chi connectivity index (χ0) is 19.4. The van der Waals surface area contributed by atoms with Crippen LogP contribution in [0.4, 0.5) is 17.6 Å². The lowest BCUT2D eigenvalue weighted by Crippen LogP contribution is -2.30. The first kappa shape index (κ1) is 20.0. The average molecular weight is 375 g/mol. The SMILES string of the molecule is CCOC(=O)C(C=NC1CCCC1O)C(=O)c1cc(F)c(F)c(F)c1F. The molecule has 3 atom stereocenters. The van der Waals surface area contributed by atoms with E-state index in [4.69, 9.17) is 4.74 Å². The van der Waals surface area contributed by atoms with E-state index in [1.807, 2.05) is 0 Å². The smallest absolute Gasteiger partial charge is 0.322 e. The van der Waals surface area contributed by atoms with E-state index in [-0.39, 0.29) is 12.7 Å². The second-order valence-corrected chi connectivity index (χ2v) is 5.81. The van der Waals surface area contributed by atoms with Gasteiger partial charge in [-0.1, -0.05) is 0 Å². The molecule has 0 aliphatic heterocycles. The molecule has 0 spiro atoms. The van der Waals surface area contributed by atoms with E-state index in [2.05, 4.69) is 4.99 Å². The van der Waals surface area contributed by atoms with Gasteiger partial charge < -0.3 is 9.84 Å². The Kier molecular flexibility index (Phi) is 6.47. The third kappa shape index (κ3) is 4.09. The Hall–Kier alpha value is -2.29. The summed E-state index contributed by atoms with van der Waals surface area (Å²) in [5.74, 6) is -12.1. The Morgan fingerprint density at radius 3 is 2.54 bits per heavy atom. The maximum Gasteiger partial charge on any atom is 0.322 e. The topological polar surface area (TPSA) is 76.0 Å². The van der Waals surface area contributed by atoms with Gasteiger partial charge >= 0.3 is 5.97 Å². The van der Waals surface area contributed by atoms with Crippen molar-refractivity contribution in [3.8, 4) is 0 Å². The predicted octanol–water partition coefficient (Wildman–Crippen LogP) is 2.59. The Morgan fingerprint density at radius 2 is 1.96 bits per heavy atom. The zero-order valence-corrected chi connectivity index (χ0v) is 13.8. The lowest BCUT2D eigenvalue weighted by Gasteiger charge is -2.14. The molecule has 0 amide bonds. The van der Waals surface area contributed by atoms with Gasteiger partial charge in [0, 0.05) is 6.21 Å². The fourth-order valence-electron chi connectivity index (χ4n) is 2.68. The monoisotopic (exact) mass is 375 g/mol. The van der Waals surface area contributed by atoms with E-state index < -0.39 is 58.6 Å². The van der Waals surface area contributed by atoms with E-state index in [1.54, 1.807) is 0 Å². The summed E-state index contributed by atoms with van der Waals surface area (Å²) in [6.07, 6.45) is 1.85. The van der Waals surface area contributed by atoms with E-state index >= 15 is 0 Å². The van der Waals surface area contributed by atoms with Crippen LogP contribution in [-0.4, -0.2) is 41.8 Å². The van der Waals surface area contributed by atoms with Crippen molar-refractivity contribution in [2.75, 3.05) is 6.61 Å². The summed E-state index contributed by atoms with van der Waals surface area (Å²) in [6.45, 7) is 1.37. The molecule has 1 aliphatic carbocycles. The number of nitrogens with zero attached hydrogens (tertiary/aromatic N) is 1. The molecular weight excluding hydrogens is 358 g/mol. The van der Waals surface area contributed by atoms with Crippen molar-refractivity contribution in [1.29, 1.82) is 0 Å². The van der Waals surface area contributed by atoms with Crippen LogP contribution in [0.25, 0.3) is 0 Å². The van der Waals surface area contributed by atoms with E-state index in [0.29, 0.717) is 19.3 Å².